The average molecular weight is 438 g/mol. The van der Waals surface area contributed by atoms with Crippen molar-refractivity contribution < 1.29 is 33.1 Å². The van der Waals surface area contributed by atoms with Gasteiger partial charge in [-0.05, 0) is 49.4 Å². The first kappa shape index (κ1) is 21.1. The van der Waals surface area contributed by atoms with Crippen molar-refractivity contribution in [1.82, 2.24) is 5.16 Å². The minimum Gasteiger partial charge on any atom is -0.507 e. The number of rotatable bonds is 5. The first-order valence-corrected chi connectivity index (χ1v) is 9.58. The van der Waals surface area contributed by atoms with Crippen LogP contribution in [0.15, 0.2) is 58.6 Å². The molecule has 1 saturated heterocycles. The first-order chi connectivity index (χ1) is 15.3. The van der Waals surface area contributed by atoms with Gasteiger partial charge in [0.2, 0.25) is 0 Å². The minimum absolute atomic E-state index is 0.0950. The standard InChI is InChI=1S/C23H19FN2O6/c1-12-10-18(25-32-12)26-20(16-11-15(30-2)8-9-17(16)31-3)19(22(28)23(26)29)21(27)13-4-6-14(24)7-5-13/h4-11,20,27H,1-3H3/b21-19+. The fourth-order valence-electron chi connectivity index (χ4n) is 3.65. The monoisotopic (exact) mass is 438 g/mol. The lowest BCUT2D eigenvalue weighted by atomic mass is 9.94. The van der Waals surface area contributed by atoms with Crippen LogP contribution in [-0.4, -0.2) is 36.2 Å². The summed E-state index contributed by atoms with van der Waals surface area (Å²) in [5.74, 6) is -1.47. The maximum absolute atomic E-state index is 13.4. The summed E-state index contributed by atoms with van der Waals surface area (Å²) in [5.41, 5.74) is 0.358. The average Bonchev–Trinajstić information content (AvgIpc) is 3.33. The van der Waals surface area contributed by atoms with Gasteiger partial charge in [0, 0.05) is 17.2 Å². The van der Waals surface area contributed by atoms with Gasteiger partial charge in [-0.3, -0.25) is 14.5 Å². The van der Waals surface area contributed by atoms with Gasteiger partial charge < -0.3 is 19.1 Å². The van der Waals surface area contributed by atoms with Gasteiger partial charge in [0.15, 0.2) is 5.82 Å². The van der Waals surface area contributed by atoms with Gasteiger partial charge in [-0.2, -0.15) is 0 Å². The van der Waals surface area contributed by atoms with Crippen LogP contribution in [0, 0.1) is 12.7 Å². The number of carbonyl (C=O) groups is 2. The van der Waals surface area contributed by atoms with Crippen LogP contribution in [0.4, 0.5) is 10.2 Å². The molecule has 0 bridgehead atoms. The Morgan fingerprint density at radius 2 is 1.81 bits per heavy atom. The second kappa shape index (κ2) is 8.18. The topological polar surface area (TPSA) is 102 Å². The first-order valence-electron chi connectivity index (χ1n) is 9.58. The van der Waals surface area contributed by atoms with E-state index >= 15 is 0 Å². The molecule has 1 aromatic heterocycles. The quantitative estimate of drug-likeness (QED) is 0.368. The van der Waals surface area contributed by atoms with Crippen LogP contribution in [-0.2, 0) is 9.59 Å². The molecule has 1 fully saturated rings. The molecule has 1 atom stereocenters. The molecule has 1 aliphatic rings. The molecule has 2 heterocycles. The lowest BCUT2D eigenvalue weighted by Gasteiger charge is -2.24. The summed E-state index contributed by atoms with van der Waals surface area (Å²) < 4.78 is 29.3. The molecule has 0 saturated carbocycles. The number of carbonyl (C=O) groups excluding carboxylic acids is 2. The zero-order valence-electron chi connectivity index (χ0n) is 17.5. The number of anilines is 1. The molecular weight excluding hydrogens is 419 g/mol. The third-order valence-corrected chi connectivity index (χ3v) is 5.16. The molecule has 9 heteroatoms. The van der Waals surface area contributed by atoms with Crippen LogP contribution < -0.4 is 14.4 Å². The summed E-state index contributed by atoms with van der Waals surface area (Å²) in [6, 6.07) is 10.2. The Morgan fingerprint density at radius 1 is 1.09 bits per heavy atom. The maximum atomic E-state index is 13.4. The number of amides is 1. The second-order valence-electron chi connectivity index (χ2n) is 7.08. The molecule has 1 amide bonds. The van der Waals surface area contributed by atoms with Gasteiger partial charge >= 0.3 is 5.91 Å². The Morgan fingerprint density at radius 3 is 2.41 bits per heavy atom. The fraction of sp³-hybridized carbons (Fsp3) is 0.174. The second-order valence-corrected chi connectivity index (χ2v) is 7.08. The van der Waals surface area contributed by atoms with Crippen LogP contribution in [0.5, 0.6) is 11.5 Å². The molecule has 4 rings (SSSR count). The van der Waals surface area contributed by atoms with E-state index in [9.17, 15) is 19.1 Å². The van der Waals surface area contributed by atoms with E-state index in [0.29, 0.717) is 22.8 Å². The number of aliphatic hydroxyl groups excluding tert-OH is 1. The highest BCUT2D eigenvalue weighted by Gasteiger charge is 2.49. The van der Waals surface area contributed by atoms with Crippen molar-refractivity contribution in [2.24, 2.45) is 0 Å². The van der Waals surface area contributed by atoms with Crippen molar-refractivity contribution in [2.75, 3.05) is 19.1 Å². The summed E-state index contributed by atoms with van der Waals surface area (Å²) >= 11 is 0. The Hall–Kier alpha value is -4.14. The van der Waals surface area contributed by atoms with Crippen LogP contribution in [0.3, 0.4) is 0 Å². The molecule has 2 aromatic carbocycles. The van der Waals surface area contributed by atoms with Crippen molar-refractivity contribution >= 4 is 23.3 Å². The molecule has 1 aliphatic heterocycles. The normalized spacial score (nSPS) is 17.6. The van der Waals surface area contributed by atoms with Gasteiger partial charge in [0.25, 0.3) is 5.78 Å². The third kappa shape index (κ3) is 3.47. The van der Waals surface area contributed by atoms with E-state index in [1.807, 2.05) is 0 Å². The molecule has 32 heavy (non-hydrogen) atoms. The number of methoxy groups -OCH3 is 2. The van der Waals surface area contributed by atoms with Gasteiger partial charge in [0.05, 0.1) is 19.8 Å². The minimum atomic E-state index is -1.10. The van der Waals surface area contributed by atoms with Crippen molar-refractivity contribution in [3.63, 3.8) is 0 Å². The number of benzene rings is 2. The summed E-state index contributed by atoms with van der Waals surface area (Å²) in [5, 5.41) is 14.9. The number of aliphatic hydroxyl groups is 1. The highest BCUT2D eigenvalue weighted by Crippen LogP contribution is 2.45. The zero-order valence-corrected chi connectivity index (χ0v) is 17.5. The maximum Gasteiger partial charge on any atom is 0.301 e. The van der Waals surface area contributed by atoms with E-state index in [-0.39, 0.29) is 17.0 Å². The summed E-state index contributed by atoms with van der Waals surface area (Å²) in [4.78, 5) is 27.3. The Balaban J connectivity index is 2.00. The molecular formula is C23H19FN2O6. The number of aromatic nitrogens is 1. The smallest absolute Gasteiger partial charge is 0.301 e. The lowest BCUT2D eigenvalue weighted by Crippen LogP contribution is -2.30. The number of nitrogens with zero attached hydrogens (tertiary/aromatic N) is 2. The Bertz CT molecular complexity index is 1230. The fourth-order valence-corrected chi connectivity index (χ4v) is 3.65. The predicted molar refractivity (Wildman–Crippen MR) is 112 cm³/mol. The van der Waals surface area contributed by atoms with E-state index in [4.69, 9.17) is 14.0 Å². The van der Waals surface area contributed by atoms with Crippen molar-refractivity contribution in [3.05, 3.63) is 76.8 Å². The van der Waals surface area contributed by atoms with E-state index in [1.54, 1.807) is 25.1 Å². The van der Waals surface area contributed by atoms with Crippen molar-refractivity contribution in [1.29, 1.82) is 0 Å². The number of hydrogen-bond donors (Lipinski definition) is 1. The third-order valence-electron chi connectivity index (χ3n) is 5.16. The summed E-state index contributed by atoms with van der Waals surface area (Å²) in [7, 11) is 2.92. The number of Topliss-reactive ketones (excluding diaryl/α,β-unsaturated/α-hetero) is 1. The summed E-state index contributed by atoms with van der Waals surface area (Å²) in [6.45, 7) is 1.65. The highest BCUT2D eigenvalue weighted by atomic mass is 19.1. The Kier molecular flexibility index (Phi) is 5.40. The lowest BCUT2D eigenvalue weighted by molar-refractivity contribution is -0.132. The Labute approximate surface area is 182 Å². The van der Waals surface area contributed by atoms with Crippen LogP contribution in [0.1, 0.15) is 22.9 Å². The number of ether oxygens (including phenoxy) is 2. The molecule has 1 unspecified atom stereocenters. The molecule has 3 aromatic rings. The van der Waals surface area contributed by atoms with Crippen LogP contribution in [0.2, 0.25) is 0 Å². The van der Waals surface area contributed by atoms with Crippen LogP contribution in [0.25, 0.3) is 5.76 Å². The highest BCUT2D eigenvalue weighted by molar-refractivity contribution is 6.51. The molecule has 0 radical (unpaired) electrons. The van der Waals surface area contributed by atoms with E-state index in [2.05, 4.69) is 5.16 Å². The van der Waals surface area contributed by atoms with Crippen molar-refractivity contribution in [3.8, 4) is 11.5 Å². The van der Waals surface area contributed by atoms with Gasteiger partial charge in [-0.15, -0.1) is 0 Å². The predicted octanol–water partition coefficient (Wildman–Crippen LogP) is 3.77. The van der Waals surface area contributed by atoms with E-state index < -0.39 is 29.3 Å². The van der Waals surface area contributed by atoms with Gasteiger partial charge in [-0.25, -0.2) is 4.39 Å². The summed E-state index contributed by atoms with van der Waals surface area (Å²) in [6.07, 6.45) is 0. The van der Waals surface area contributed by atoms with Crippen LogP contribution >= 0.6 is 0 Å². The van der Waals surface area contributed by atoms with E-state index in [1.165, 1.54) is 32.4 Å². The van der Waals surface area contributed by atoms with Crippen molar-refractivity contribution in [2.45, 2.75) is 13.0 Å². The molecule has 0 aliphatic carbocycles. The molecule has 0 spiro atoms. The van der Waals surface area contributed by atoms with E-state index in [0.717, 1.165) is 17.0 Å². The SMILES string of the molecule is COc1ccc(OC)c(C2/C(=C(\O)c3ccc(F)cc3)C(=O)C(=O)N2c2cc(C)on2)c1. The molecule has 8 nitrogen and oxygen atoms in total. The number of aryl methyl sites for hydroxylation is 1. The van der Waals surface area contributed by atoms with Gasteiger partial charge in [-0.1, -0.05) is 5.16 Å². The molecule has 1 N–H and O–H groups in total. The zero-order chi connectivity index (χ0) is 23.0. The largest absolute Gasteiger partial charge is 0.507 e. The molecule has 164 valence electrons. The number of ketones is 1. The number of halogens is 1. The number of hydrogen-bond acceptors (Lipinski definition) is 7. The van der Waals surface area contributed by atoms with Gasteiger partial charge in [0.1, 0.15) is 34.9 Å².